The van der Waals surface area contributed by atoms with Crippen LogP contribution in [0.15, 0.2) is 17.0 Å². The first-order valence-corrected chi connectivity index (χ1v) is 7.69. The van der Waals surface area contributed by atoms with Crippen LogP contribution in [0.3, 0.4) is 0 Å². The van der Waals surface area contributed by atoms with Gasteiger partial charge < -0.3 is 0 Å². The van der Waals surface area contributed by atoms with Crippen LogP contribution in [0, 0.1) is 13.8 Å². The maximum Gasteiger partial charge on any atom is 0.0148 e. The van der Waals surface area contributed by atoms with Crippen molar-refractivity contribution in [2.75, 3.05) is 0 Å². The molecule has 18 heavy (non-hydrogen) atoms. The lowest BCUT2D eigenvalue weighted by Gasteiger charge is -2.26. The van der Waals surface area contributed by atoms with Gasteiger partial charge in [0.2, 0.25) is 0 Å². The van der Waals surface area contributed by atoms with Gasteiger partial charge >= 0.3 is 0 Å². The molecule has 0 saturated heterocycles. The zero-order chi connectivity index (χ0) is 14.1. The summed E-state index contributed by atoms with van der Waals surface area (Å²) in [6.45, 7) is 18.3. The smallest absolute Gasteiger partial charge is 0.0148 e. The Bertz CT molecular complexity index is 422. The summed E-state index contributed by atoms with van der Waals surface area (Å²) in [5, 5.41) is 0. The molecule has 0 aliphatic heterocycles. The highest BCUT2D eigenvalue weighted by molar-refractivity contribution is 8.00. The second kappa shape index (κ2) is 5.28. The Kier molecular flexibility index (Phi) is 4.59. The summed E-state index contributed by atoms with van der Waals surface area (Å²) in [6, 6.07) is 4.75. The van der Waals surface area contributed by atoms with Crippen LogP contribution in [0.4, 0.5) is 0 Å². The lowest BCUT2D eigenvalue weighted by molar-refractivity contribution is 0.584. The minimum absolute atomic E-state index is 0.234. The van der Waals surface area contributed by atoms with Crippen LogP contribution in [0.5, 0.6) is 0 Å². The Morgan fingerprint density at radius 2 is 1.50 bits per heavy atom. The van der Waals surface area contributed by atoms with Gasteiger partial charge in [0.1, 0.15) is 0 Å². The molecule has 0 heterocycles. The molecule has 0 N–H and O–H groups in total. The standard InChI is InChI=1S/C17H28S/c1-9-17(7,8)18-15-11-12(2)14(10-13(15)3)16(4,5)6/h10-11H,9H2,1-8H3. The summed E-state index contributed by atoms with van der Waals surface area (Å²) in [6.07, 6.45) is 1.19. The zero-order valence-electron chi connectivity index (χ0n) is 13.3. The average Bonchev–Trinajstić information content (AvgIpc) is 2.21. The minimum atomic E-state index is 0.234. The largest absolute Gasteiger partial charge is 0.120 e. The molecular weight excluding hydrogens is 236 g/mol. The van der Waals surface area contributed by atoms with Crippen LogP contribution < -0.4 is 0 Å². The van der Waals surface area contributed by atoms with E-state index in [-0.39, 0.29) is 5.41 Å². The summed E-state index contributed by atoms with van der Waals surface area (Å²) < 4.78 is 0.320. The molecule has 0 aliphatic rings. The third kappa shape index (κ3) is 3.78. The quantitative estimate of drug-likeness (QED) is 0.614. The molecule has 0 aliphatic carbocycles. The van der Waals surface area contributed by atoms with E-state index in [0.717, 1.165) is 0 Å². The summed E-state index contributed by atoms with van der Waals surface area (Å²) in [5.74, 6) is 0. The van der Waals surface area contributed by atoms with Crippen molar-refractivity contribution >= 4 is 11.8 Å². The molecule has 1 aromatic rings. The topological polar surface area (TPSA) is 0 Å². The fourth-order valence-corrected chi connectivity index (χ4v) is 3.27. The van der Waals surface area contributed by atoms with Crippen molar-refractivity contribution in [3.05, 3.63) is 28.8 Å². The Balaban J connectivity index is 3.16. The summed E-state index contributed by atoms with van der Waals surface area (Å²) in [4.78, 5) is 1.44. The van der Waals surface area contributed by atoms with Gasteiger partial charge in [0.05, 0.1) is 0 Å². The molecule has 1 aromatic carbocycles. The molecule has 1 heteroatoms. The molecule has 0 bridgehead atoms. The van der Waals surface area contributed by atoms with E-state index in [1.165, 1.54) is 28.0 Å². The molecule has 0 amide bonds. The van der Waals surface area contributed by atoms with Crippen molar-refractivity contribution in [1.29, 1.82) is 0 Å². The lowest BCUT2D eigenvalue weighted by Crippen LogP contribution is -2.15. The van der Waals surface area contributed by atoms with Crippen LogP contribution in [0.2, 0.25) is 0 Å². The molecule has 0 fully saturated rings. The third-order valence-electron chi connectivity index (χ3n) is 3.57. The van der Waals surface area contributed by atoms with Crippen molar-refractivity contribution in [1.82, 2.24) is 0 Å². The van der Waals surface area contributed by atoms with Crippen LogP contribution >= 0.6 is 11.8 Å². The molecule has 0 nitrogen and oxygen atoms in total. The van der Waals surface area contributed by atoms with E-state index < -0.39 is 0 Å². The summed E-state index contributed by atoms with van der Waals surface area (Å²) >= 11 is 2.01. The Hall–Kier alpha value is -0.430. The molecule has 1 rings (SSSR count). The van der Waals surface area contributed by atoms with E-state index in [1.54, 1.807) is 0 Å². The molecule has 0 spiro atoms. The highest BCUT2D eigenvalue weighted by Gasteiger charge is 2.21. The molecule has 0 radical (unpaired) electrons. The van der Waals surface area contributed by atoms with E-state index in [9.17, 15) is 0 Å². The normalized spacial score (nSPS) is 12.9. The third-order valence-corrected chi connectivity index (χ3v) is 5.07. The number of thioether (sulfide) groups is 1. The number of aryl methyl sites for hydroxylation is 2. The fourth-order valence-electron chi connectivity index (χ4n) is 2.08. The molecule has 0 saturated carbocycles. The minimum Gasteiger partial charge on any atom is -0.120 e. The highest BCUT2D eigenvalue weighted by Crippen LogP contribution is 2.39. The van der Waals surface area contributed by atoms with E-state index in [1.807, 2.05) is 11.8 Å². The van der Waals surface area contributed by atoms with Crippen LogP contribution in [-0.4, -0.2) is 4.75 Å². The first-order valence-electron chi connectivity index (χ1n) is 6.87. The summed E-state index contributed by atoms with van der Waals surface area (Å²) in [7, 11) is 0. The first-order chi connectivity index (χ1) is 8.07. The molecule has 0 unspecified atom stereocenters. The number of hydrogen-bond acceptors (Lipinski definition) is 1. The second-order valence-electron chi connectivity index (χ2n) is 6.90. The SMILES string of the molecule is CCC(C)(C)Sc1cc(C)c(C(C)(C)C)cc1C. The van der Waals surface area contributed by atoms with Gasteiger partial charge in [-0.2, -0.15) is 0 Å². The summed E-state index contributed by atoms with van der Waals surface area (Å²) in [5.41, 5.74) is 4.54. The van der Waals surface area contributed by atoms with Gasteiger partial charge in [0.15, 0.2) is 0 Å². The number of benzene rings is 1. The van der Waals surface area contributed by atoms with Crippen LogP contribution in [0.25, 0.3) is 0 Å². The van der Waals surface area contributed by atoms with Gasteiger partial charge in [-0.25, -0.2) is 0 Å². The lowest BCUT2D eigenvalue weighted by atomic mass is 9.83. The average molecular weight is 264 g/mol. The Morgan fingerprint density at radius 1 is 0.944 bits per heavy atom. The maximum atomic E-state index is 2.38. The van der Waals surface area contributed by atoms with Gasteiger partial charge in [0, 0.05) is 9.64 Å². The van der Waals surface area contributed by atoms with Gasteiger partial charge in [-0.3, -0.25) is 0 Å². The van der Waals surface area contributed by atoms with Gasteiger partial charge in [-0.15, -0.1) is 11.8 Å². The van der Waals surface area contributed by atoms with E-state index >= 15 is 0 Å². The van der Waals surface area contributed by atoms with E-state index in [4.69, 9.17) is 0 Å². The Morgan fingerprint density at radius 3 is 1.94 bits per heavy atom. The molecule has 0 aromatic heterocycles. The van der Waals surface area contributed by atoms with E-state index in [0.29, 0.717) is 4.75 Å². The predicted molar refractivity (Wildman–Crippen MR) is 84.8 cm³/mol. The molecule has 0 atom stereocenters. The predicted octanol–water partition coefficient (Wildman–Crippen LogP) is 5.88. The monoisotopic (exact) mass is 264 g/mol. The molecule has 102 valence electrons. The highest BCUT2D eigenvalue weighted by atomic mass is 32.2. The molecular formula is C17H28S. The second-order valence-corrected chi connectivity index (χ2v) is 8.65. The van der Waals surface area contributed by atoms with Gasteiger partial charge in [-0.1, -0.05) is 47.6 Å². The zero-order valence-corrected chi connectivity index (χ0v) is 14.1. The Labute approximate surface area is 118 Å². The first kappa shape index (κ1) is 15.6. The van der Waals surface area contributed by atoms with Crippen LogP contribution in [0.1, 0.15) is 64.7 Å². The maximum absolute atomic E-state index is 2.38. The van der Waals surface area contributed by atoms with Crippen molar-refractivity contribution < 1.29 is 0 Å². The fraction of sp³-hybridized carbons (Fsp3) is 0.647. The van der Waals surface area contributed by atoms with Crippen molar-refractivity contribution in [3.8, 4) is 0 Å². The van der Waals surface area contributed by atoms with E-state index in [2.05, 4.69) is 67.5 Å². The van der Waals surface area contributed by atoms with Gasteiger partial charge in [-0.05, 0) is 48.4 Å². The van der Waals surface area contributed by atoms with Crippen LogP contribution in [-0.2, 0) is 5.41 Å². The number of hydrogen-bond donors (Lipinski definition) is 0. The van der Waals surface area contributed by atoms with Gasteiger partial charge in [0.25, 0.3) is 0 Å². The number of rotatable bonds is 3. The van der Waals surface area contributed by atoms with Crippen molar-refractivity contribution in [2.24, 2.45) is 0 Å². The van der Waals surface area contributed by atoms with Crippen molar-refractivity contribution in [2.45, 2.75) is 76.9 Å². The van der Waals surface area contributed by atoms with Crippen molar-refractivity contribution in [3.63, 3.8) is 0 Å².